The maximum absolute atomic E-state index is 15.1. The van der Waals surface area contributed by atoms with Gasteiger partial charge in [0.2, 0.25) is 5.91 Å². The highest BCUT2D eigenvalue weighted by atomic mass is 28.3. The summed E-state index contributed by atoms with van der Waals surface area (Å²) in [7, 11) is -1.35. The van der Waals surface area contributed by atoms with Gasteiger partial charge < -0.3 is 19.7 Å². The summed E-state index contributed by atoms with van der Waals surface area (Å²) in [6.07, 6.45) is -0.611. The summed E-state index contributed by atoms with van der Waals surface area (Å²) >= 11 is 0. The summed E-state index contributed by atoms with van der Waals surface area (Å²) in [5, 5.41) is 2.72. The molecule has 1 N–H and O–H groups in total. The summed E-state index contributed by atoms with van der Waals surface area (Å²) in [5.74, 6) is -2.25. The van der Waals surface area contributed by atoms with E-state index < -0.39 is 49.0 Å². The second-order valence-corrected chi connectivity index (χ2v) is 17.0. The van der Waals surface area contributed by atoms with E-state index in [2.05, 4.69) is 25.0 Å². The van der Waals surface area contributed by atoms with Gasteiger partial charge in [-0.3, -0.25) is 9.69 Å². The van der Waals surface area contributed by atoms with Crippen molar-refractivity contribution >= 4 is 37.5 Å². The molecule has 2 saturated heterocycles. The number of hydrogen-bond acceptors (Lipinski definition) is 6. The normalized spacial score (nSPS) is 17.4. The molecule has 0 saturated carbocycles. The fourth-order valence-corrected chi connectivity index (χ4v) is 4.56. The number of rotatable bonds is 8. The summed E-state index contributed by atoms with van der Waals surface area (Å²) in [5.41, 5.74) is -0.822. The molecule has 1 aromatic carbocycles. The minimum absolute atomic E-state index is 0.0616. The predicted octanol–water partition coefficient (Wildman–Crippen LogP) is 4.15. The number of benzene rings is 1. The number of amides is 4. The van der Waals surface area contributed by atoms with Gasteiger partial charge in [-0.15, -0.1) is 0 Å². The second-order valence-electron chi connectivity index (χ2n) is 11.4. The molecule has 2 fully saturated rings. The highest BCUT2D eigenvalue weighted by Gasteiger charge is 2.37. The highest BCUT2D eigenvalue weighted by molar-refractivity contribution is 6.76. The number of imide groups is 1. The van der Waals surface area contributed by atoms with Crippen molar-refractivity contribution in [1.29, 1.82) is 0 Å². The van der Waals surface area contributed by atoms with Gasteiger partial charge in [0.05, 0.1) is 6.04 Å². The van der Waals surface area contributed by atoms with Crippen LogP contribution in [0.3, 0.4) is 0 Å². The summed E-state index contributed by atoms with van der Waals surface area (Å²) in [6.45, 7) is 12.6. The number of alkyl carbamates (subject to hydrolysis) is 1. The van der Waals surface area contributed by atoms with Crippen molar-refractivity contribution in [2.24, 2.45) is 0 Å². The van der Waals surface area contributed by atoms with Crippen molar-refractivity contribution in [2.75, 3.05) is 42.8 Å². The van der Waals surface area contributed by atoms with Gasteiger partial charge in [-0.2, -0.15) is 0 Å². The Labute approximate surface area is 211 Å². The smallest absolute Gasteiger partial charge is 0.407 e. The van der Waals surface area contributed by atoms with Gasteiger partial charge in [-0.1, -0.05) is 19.6 Å². The molecule has 2 aliphatic rings. The zero-order chi connectivity index (χ0) is 26.8. The third kappa shape index (κ3) is 7.16. The average molecular weight is 527 g/mol. The van der Waals surface area contributed by atoms with Crippen molar-refractivity contribution in [3.05, 3.63) is 23.8 Å². The Morgan fingerprint density at radius 1 is 1.14 bits per heavy atom. The Morgan fingerprint density at radius 2 is 1.75 bits per heavy atom. The van der Waals surface area contributed by atoms with Crippen LogP contribution in [-0.2, 0) is 14.3 Å². The van der Waals surface area contributed by atoms with Crippen molar-refractivity contribution in [2.45, 2.75) is 64.5 Å². The molecule has 36 heavy (non-hydrogen) atoms. The average Bonchev–Trinajstić information content (AvgIpc) is 2.68. The number of carbonyl (C=O) groups excluding carboxylic acids is 3. The molecule has 0 bridgehead atoms. The molecule has 0 atom stereocenters. The van der Waals surface area contributed by atoms with E-state index in [0.717, 1.165) is 28.0 Å². The van der Waals surface area contributed by atoms with E-state index in [1.165, 1.54) is 0 Å². The molecule has 0 aromatic heterocycles. The number of anilines is 2. The minimum Gasteiger partial charge on any atom is -0.444 e. The summed E-state index contributed by atoms with van der Waals surface area (Å²) < 4.78 is 40.9. The first-order valence-corrected chi connectivity index (χ1v) is 15.8. The van der Waals surface area contributed by atoms with Crippen molar-refractivity contribution in [3.63, 3.8) is 0 Å². The zero-order valence-corrected chi connectivity index (χ0v) is 22.8. The molecule has 1 aromatic rings. The predicted molar refractivity (Wildman–Crippen MR) is 135 cm³/mol. The summed E-state index contributed by atoms with van der Waals surface area (Å²) in [6, 6.07) is 2.15. The number of ether oxygens (including phenoxy) is 2. The SMILES string of the molecule is CC(C)(C)OC(=O)NC1CN(c2cc(F)c(N3CCC(=O)N(COCC[Si](C)(C)C)C3=O)c(F)c2)C1. The molecule has 2 aliphatic heterocycles. The fourth-order valence-electron chi connectivity index (χ4n) is 3.81. The standard InChI is InChI=1S/C24H36F2N4O5Si/c1-24(2,3)35-22(32)27-16-13-28(14-16)17-11-18(25)21(19(26)12-17)29-8-7-20(31)30(23(29)33)15-34-9-10-36(4,5)6/h11-12,16H,7-10,13-15H2,1-6H3,(H,27,32). The Morgan fingerprint density at radius 3 is 2.31 bits per heavy atom. The fraction of sp³-hybridized carbons (Fsp3) is 0.625. The number of nitrogens with one attached hydrogen (secondary N) is 1. The number of urea groups is 1. The Kier molecular flexibility index (Phi) is 8.29. The van der Waals surface area contributed by atoms with Gasteiger partial charge in [0.1, 0.15) is 18.0 Å². The lowest BCUT2D eigenvalue weighted by Crippen LogP contribution is -2.60. The van der Waals surface area contributed by atoms with Gasteiger partial charge in [-0.05, 0) is 38.9 Å². The lowest BCUT2D eigenvalue weighted by molar-refractivity contribution is -0.133. The van der Waals surface area contributed by atoms with E-state index in [4.69, 9.17) is 9.47 Å². The molecular weight excluding hydrogens is 490 g/mol. The van der Waals surface area contributed by atoms with E-state index in [-0.39, 0.29) is 25.7 Å². The van der Waals surface area contributed by atoms with Gasteiger partial charge in [0.25, 0.3) is 0 Å². The number of halogens is 2. The maximum atomic E-state index is 15.1. The molecule has 2 heterocycles. The molecule has 0 unspecified atom stereocenters. The van der Waals surface area contributed by atoms with Crippen LogP contribution in [0.1, 0.15) is 27.2 Å². The molecule has 0 aliphatic carbocycles. The zero-order valence-electron chi connectivity index (χ0n) is 21.8. The van der Waals surface area contributed by atoms with Gasteiger partial charge in [-0.25, -0.2) is 23.3 Å². The van der Waals surface area contributed by atoms with Gasteiger partial charge in [0, 0.05) is 46.4 Å². The van der Waals surface area contributed by atoms with Crippen molar-refractivity contribution < 1.29 is 32.6 Å². The Hall–Kier alpha value is -2.73. The topological polar surface area (TPSA) is 91.4 Å². The van der Waals surface area contributed by atoms with E-state index in [0.29, 0.717) is 25.4 Å². The van der Waals surface area contributed by atoms with Crippen LogP contribution in [0.4, 0.5) is 29.7 Å². The van der Waals surface area contributed by atoms with Crippen LogP contribution in [0.2, 0.25) is 25.7 Å². The van der Waals surface area contributed by atoms with Gasteiger partial charge >= 0.3 is 12.1 Å². The first-order chi connectivity index (χ1) is 16.6. The molecule has 0 spiro atoms. The lowest BCUT2D eigenvalue weighted by atomic mass is 10.1. The first kappa shape index (κ1) is 27.8. The van der Waals surface area contributed by atoms with Crippen LogP contribution in [0.15, 0.2) is 12.1 Å². The maximum Gasteiger partial charge on any atom is 0.407 e. The minimum atomic E-state index is -1.35. The molecule has 12 heteroatoms. The summed E-state index contributed by atoms with van der Waals surface area (Å²) in [4.78, 5) is 40.7. The quantitative estimate of drug-likeness (QED) is 0.404. The Balaban J connectivity index is 1.62. The van der Waals surface area contributed by atoms with Crippen LogP contribution >= 0.6 is 0 Å². The van der Waals surface area contributed by atoms with E-state index in [9.17, 15) is 14.4 Å². The third-order valence-corrected chi connectivity index (χ3v) is 7.47. The van der Waals surface area contributed by atoms with Crippen molar-refractivity contribution in [3.8, 4) is 0 Å². The molecule has 3 rings (SSSR count). The second kappa shape index (κ2) is 10.7. The molecule has 4 amide bonds. The van der Waals surface area contributed by atoms with Crippen LogP contribution in [-0.4, -0.2) is 75.6 Å². The molecule has 0 radical (unpaired) electrons. The van der Waals surface area contributed by atoms with E-state index >= 15 is 8.78 Å². The molecular formula is C24H36F2N4O5Si. The number of nitrogens with zero attached hydrogens (tertiary/aromatic N) is 3. The number of hydrogen-bond donors (Lipinski definition) is 1. The lowest BCUT2D eigenvalue weighted by Gasteiger charge is -2.41. The third-order valence-electron chi connectivity index (χ3n) is 5.77. The largest absolute Gasteiger partial charge is 0.444 e. The van der Waals surface area contributed by atoms with E-state index in [1.54, 1.807) is 25.7 Å². The molecule has 200 valence electrons. The van der Waals surface area contributed by atoms with E-state index in [1.807, 2.05) is 0 Å². The van der Waals surface area contributed by atoms with Crippen LogP contribution in [0, 0.1) is 11.6 Å². The Bertz CT molecular complexity index is 982. The first-order valence-electron chi connectivity index (χ1n) is 12.1. The van der Waals surface area contributed by atoms with Crippen LogP contribution < -0.4 is 15.1 Å². The van der Waals surface area contributed by atoms with Crippen molar-refractivity contribution in [1.82, 2.24) is 10.2 Å². The highest BCUT2D eigenvalue weighted by Crippen LogP contribution is 2.32. The monoisotopic (exact) mass is 526 g/mol. The van der Waals surface area contributed by atoms with Crippen LogP contribution in [0.5, 0.6) is 0 Å². The van der Waals surface area contributed by atoms with Gasteiger partial charge in [0.15, 0.2) is 11.6 Å². The van der Waals surface area contributed by atoms with Crippen LogP contribution in [0.25, 0.3) is 0 Å². The molecule has 9 nitrogen and oxygen atoms in total. The number of carbonyl (C=O) groups is 3.